The Balaban J connectivity index is 1.77. The number of nitrogens with zero attached hydrogens (tertiary/aromatic N) is 3. The highest BCUT2D eigenvalue weighted by molar-refractivity contribution is 7.71. The largest absolute Gasteiger partial charge is 0.461 e. The average molecular weight is 337 g/mol. The second-order valence-electron chi connectivity index (χ2n) is 5.32. The fourth-order valence-electron chi connectivity index (χ4n) is 2.72. The maximum atomic E-state index is 5.38. The molecule has 0 saturated heterocycles. The molecule has 7 heteroatoms. The summed E-state index contributed by atoms with van der Waals surface area (Å²) in [7, 11) is 0. The summed E-state index contributed by atoms with van der Waals surface area (Å²) in [4.78, 5) is 3.33. The van der Waals surface area contributed by atoms with E-state index in [1.165, 1.54) is 5.56 Å². The molecule has 1 aromatic carbocycles. The number of aromatic nitrogens is 4. The standard InChI is InChI=1S/C17H15N5OS/c1-2-11-5-3-6-13-12(9-18-15(11)13)10-19-22-16(20-21-17(22)24)14-7-4-8-23-14/h3-10,18H,2H2,1H3,(H,21,24)/b19-10+. The summed E-state index contributed by atoms with van der Waals surface area (Å²) < 4.78 is 7.34. The van der Waals surface area contributed by atoms with Gasteiger partial charge in [0, 0.05) is 22.7 Å². The molecule has 3 aromatic heterocycles. The summed E-state index contributed by atoms with van der Waals surface area (Å²) in [6.45, 7) is 2.14. The predicted octanol–water partition coefficient (Wildman–Crippen LogP) is 4.13. The van der Waals surface area contributed by atoms with Gasteiger partial charge in [-0.25, -0.2) is 5.10 Å². The molecule has 0 atom stereocenters. The van der Waals surface area contributed by atoms with Crippen molar-refractivity contribution in [3.8, 4) is 11.6 Å². The molecule has 2 N–H and O–H groups in total. The average Bonchev–Trinajstić information content (AvgIpc) is 3.32. The van der Waals surface area contributed by atoms with Crippen LogP contribution in [0.15, 0.2) is 52.3 Å². The summed E-state index contributed by atoms with van der Waals surface area (Å²) >= 11 is 5.26. The smallest absolute Gasteiger partial charge is 0.219 e. The van der Waals surface area contributed by atoms with Gasteiger partial charge in [0.15, 0.2) is 5.76 Å². The van der Waals surface area contributed by atoms with Gasteiger partial charge >= 0.3 is 0 Å². The number of aromatic amines is 2. The van der Waals surface area contributed by atoms with E-state index in [1.807, 2.05) is 12.3 Å². The molecule has 0 spiro atoms. The van der Waals surface area contributed by atoms with Crippen LogP contribution >= 0.6 is 12.2 Å². The highest BCUT2D eigenvalue weighted by Gasteiger charge is 2.11. The quantitative estimate of drug-likeness (QED) is 0.434. The van der Waals surface area contributed by atoms with E-state index in [0.29, 0.717) is 16.4 Å². The first-order chi connectivity index (χ1) is 11.8. The molecule has 4 rings (SSSR count). The second kappa shape index (κ2) is 5.93. The Labute approximate surface area is 142 Å². The molecule has 0 saturated carbocycles. The minimum absolute atomic E-state index is 0.409. The van der Waals surface area contributed by atoms with Crippen molar-refractivity contribution >= 4 is 29.3 Å². The van der Waals surface area contributed by atoms with Gasteiger partial charge in [-0.15, -0.1) is 5.10 Å². The highest BCUT2D eigenvalue weighted by atomic mass is 32.1. The van der Waals surface area contributed by atoms with E-state index in [1.54, 1.807) is 23.2 Å². The van der Waals surface area contributed by atoms with Crippen LogP contribution in [0.1, 0.15) is 18.1 Å². The van der Waals surface area contributed by atoms with E-state index in [-0.39, 0.29) is 0 Å². The number of furan rings is 1. The van der Waals surface area contributed by atoms with Gasteiger partial charge < -0.3 is 9.40 Å². The van der Waals surface area contributed by atoms with E-state index in [0.717, 1.165) is 22.9 Å². The highest BCUT2D eigenvalue weighted by Crippen LogP contribution is 2.22. The molecule has 4 aromatic rings. The van der Waals surface area contributed by atoms with Crippen molar-refractivity contribution in [3.05, 3.63) is 58.7 Å². The third kappa shape index (κ3) is 2.39. The van der Waals surface area contributed by atoms with Crippen LogP contribution in [0.4, 0.5) is 0 Å². The Hall–Kier alpha value is -2.93. The number of hydrogen-bond donors (Lipinski definition) is 2. The van der Waals surface area contributed by atoms with Crippen molar-refractivity contribution in [2.45, 2.75) is 13.3 Å². The third-order valence-electron chi connectivity index (χ3n) is 3.92. The van der Waals surface area contributed by atoms with E-state index in [4.69, 9.17) is 16.6 Å². The fraction of sp³-hybridized carbons (Fsp3) is 0.118. The number of hydrogen-bond acceptors (Lipinski definition) is 4. The number of nitrogens with one attached hydrogen (secondary N) is 2. The monoisotopic (exact) mass is 337 g/mol. The van der Waals surface area contributed by atoms with E-state index in [2.05, 4.69) is 45.4 Å². The molecular formula is C17H15N5OS. The van der Waals surface area contributed by atoms with Gasteiger partial charge in [-0.05, 0) is 36.3 Å². The molecule has 0 radical (unpaired) electrons. The maximum Gasteiger partial charge on any atom is 0.219 e. The first-order valence-corrected chi connectivity index (χ1v) is 8.03. The van der Waals surface area contributed by atoms with Crippen molar-refractivity contribution in [1.29, 1.82) is 0 Å². The Morgan fingerprint density at radius 2 is 2.25 bits per heavy atom. The lowest BCUT2D eigenvalue weighted by Gasteiger charge is -1.99. The van der Waals surface area contributed by atoms with Gasteiger partial charge in [0.25, 0.3) is 0 Å². The van der Waals surface area contributed by atoms with E-state index >= 15 is 0 Å². The summed E-state index contributed by atoms with van der Waals surface area (Å²) in [5.74, 6) is 1.14. The lowest BCUT2D eigenvalue weighted by Crippen LogP contribution is -1.94. The molecular weight excluding hydrogens is 322 g/mol. The number of para-hydroxylation sites is 1. The van der Waals surface area contributed by atoms with Gasteiger partial charge in [-0.3, -0.25) is 0 Å². The minimum atomic E-state index is 0.409. The fourth-order valence-corrected chi connectivity index (χ4v) is 2.90. The van der Waals surface area contributed by atoms with Crippen LogP contribution in [0.25, 0.3) is 22.5 Å². The summed E-state index contributed by atoms with van der Waals surface area (Å²) in [5, 5.41) is 12.5. The molecule has 0 fully saturated rings. The van der Waals surface area contributed by atoms with Crippen molar-refractivity contribution < 1.29 is 4.42 Å². The Kier molecular flexibility index (Phi) is 3.62. The van der Waals surface area contributed by atoms with Gasteiger partial charge in [0.05, 0.1) is 12.5 Å². The molecule has 0 aliphatic carbocycles. The molecule has 24 heavy (non-hydrogen) atoms. The van der Waals surface area contributed by atoms with Crippen molar-refractivity contribution in [1.82, 2.24) is 19.9 Å². The summed E-state index contributed by atoms with van der Waals surface area (Å²) in [6, 6.07) is 9.88. The molecule has 0 unspecified atom stereocenters. The van der Waals surface area contributed by atoms with Gasteiger partial charge in [-0.2, -0.15) is 9.78 Å². The SMILES string of the molecule is CCc1cccc2c(/C=N/n3c(-c4ccco4)n[nH]c3=S)c[nH]c12. The molecule has 3 heterocycles. The zero-order chi connectivity index (χ0) is 16.5. The zero-order valence-electron chi connectivity index (χ0n) is 13.0. The normalized spacial score (nSPS) is 11.7. The molecule has 0 bridgehead atoms. The Bertz CT molecular complexity index is 1070. The third-order valence-corrected chi connectivity index (χ3v) is 4.18. The van der Waals surface area contributed by atoms with Gasteiger partial charge in [0.2, 0.25) is 10.6 Å². The van der Waals surface area contributed by atoms with Gasteiger partial charge in [-0.1, -0.05) is 25.1 Å². The topological polar surface area (TPSA) is 74.9 Å². The molecule has 0 aliphatic rings. The summed E-state index contributed by atoms with van der Waals surface area (Å²) in [6.07, 6.45) is 6.29. The van der Waals surface area contributed by atoms with Crippen LogP contribution in [0, 0.1) is 4.77 Å². The van der Waals surface area contributed by atoms with Crippen molar-refractivity contribution in [2.24, 2.45) is 5.10 Å². The first-order valence-electron chi connectivity index (χ1n) is 7.62. The summed E-state index contributed by atoms with van der Waals surface area (Å²) in [5.41, 5.74) is 3.42. The number of rotatable bonds is 4. The van der Waals surface area contributed by atoms with E-state index in [9.17, 15) is 0 Å². The van der Waals surface area contributed by atoms with Crippen molar-refractivity contribution in [2.75, 3.05) is 0 Å². The van der Waals surface area contributed by atoms with Crippen LogP contribution in [-0.4, -0.2) is 26.1 Å². The number of H-pyrrole nitrogens is 2. The second-order valence-corrected chi connectivity index (χ2v) is 5.71. The molecule has 0 amide bonds. The molecule has 120 valence electrons. The van der Waals surface area contributed by atoms with Gasteiger partial charge in [0.1, 0.15) is 0 Å². The van der Waals surface area contributed by atoms with Crippen LogP contribution in [0.5, 0.6) is 0 Å². The van der Waals surface area contributed by atoms with Crippen LogP contribution in [0.3, 0.4) is 0 Å². The van der Waals surface area contributed by atoms with Crippen LogP contribution < -0.4 is 0 Å². The molecule has 6 nitrogen and oxygen atoms in total. The number of aryl methyl sites for hydroxylation is 1. The maximum absolute atomic E-state index is 5.38. The number of benzene rings is 1. The Morgan fingerprint density at radius 3 is 3.04 bits per heavy atom. The van der Waals surface area contributed by atoms with Crippen LogP contribution in [0.2, 0.25) is 0 Å². The van der Waals surface area contributed by atoms with Crippen LogP contribution in [-0.2, 0) is 6.42 Å². The minimum Gasteiger partial charge on any atom is -0.461 e. The lowest BCUT2D eigenvalue weighted by atomic mass is 10.1. The first kappa shape index (κ1) is 14.6. The van der Waals surface area contributed by atoms with Crippen molar-refractivity contribution in [3.63, 3.8) is 0 Å². The predicted molar refractivity (Wildman–Crippen MR) is 95.8 cm³/mol. The lowest BCUT2D eigenvalue weighted by molar-refractivity contribution is 0.573. The Morgan fingerprint density at radius 1 is 1.33 bits per heavy atom. The molecule has 0 aliphatic heterocycles. The van der Waals surface area contributed by atoms with E-state index < -0.39 is 0 Å². The number of fused-ring (bicyclic) bond motifs is 1. The zero-order valence-corrected chi connectivity index (χ0v) is 13.8.